The van der Waals surface area contributed by atoms with Crippen LogP contribution in [0.3, 0.4) is 0 Å². The van der Waals surface area contributed by atoms with E-state index in [4.69, 9.17) is 23.2 Å². The van der Waals surface area contributed by atoms with E-state index in [0.717, 1.165) is 23.5 Å². The summed E-state index contributed by atoms with van der Waals surface area (Å²) in [6.07, 6.45) is 2.70. The lowest BCUT2D eigenvalue weighted by Gasteiger charge is -2.17. The number of hydrogen-bond acceptors (Lipinski definition) is 3. The first-order chi connectivity index (χ1) is 8.70. The van der Waals surface area contributed by atoms with Crippen molar-refractivity contribution >= 4 is 34.5 Å². The first-order valence-corrected chi connectivity index (χ1v) is 7.41. The van der Waals surface area contributed by atoms with Crippen LogP contribution >= 0.6 is 34.5 Å². The Kier molecular flexibility index (Phi) is 5.01. The molecule has 0 bridgehead atoms. The van der Waals surface area contributed by atoms with Crippen molar-refractivity contribution in [1.29, 1.82) is 0 Å². The fraction of sp³-hybridized carbons (Fsp3) is 0.308. The SMILES string of the molecule is CCNC(Cc1nccs1)c1ccc(Cl)c(Cl)c1. The number of benzene rings is 1. The first kappa shape index (κ1) is 13.8. The molecule has 0 radical (unpaired) electrons. The van der Waals surface area contributed by atoms with Crippen LogP contribution in [0.25, 0.3) is 0 Å². The van der Waals surface area contributed by atoms with Gasteiger partial charge in [0.25, 0.3) is 0 Å². The third-order valence-corrected chi connectivity index (χ3v) is 4.20. The highest BCUT2D eigenvalue weighted by atomic mass is 35.5. The number of hydrogen-bond donors (Lipinski definition) is 1. The van der Waals surface area contributed by atoms with Crippen LogP contribution in [0.15, 0.2) is 29.8 Å². The normalized spacial score (nSPS) is 12.6. The molecule has 1 aromatic heterocycles. The van der Waals surface area contributed by atoms with Gasteiger partial charge in [0, 0.05) is 24.0 Å². The van der Waals surface area contributed by atoms with E-state index in [2.05, 4.69) is 17.2 Å². The monoisotopic (exact) mass is 300 g/mol. The Bertz CT molecular complexity index is 500. The van der Waals surface area contributed by atoms with Crippen LogP contribution in [-0.2, 0) is 6.42 Å². The van der Waals surface area contributed by atoms with Gasteiger partial charge in [0.1, 0.15) is 0 Å². The highest BCUT2D eigenvalue weighted by Crippen LogP contribution is 2.27. The van der Waals surface area contributed by atoms with Crippen LogP contribution in [0.5, 0.6) is 0 Å². The van der Waals surface area contributed by atoms with E-state index in [-0.39, 0.29) is 6.04 Å². The highest BCUT2D eigenvalue weighted by molar-refractivity contribution is 7.09. The van der Waals surface area contributed by atoms with Crippen molar-refractivity contribution in [2.45, 2.75) is 19.4 Å². The van der Waals surface area contributed by atoms with Crippen LogP contribution in [0.1, 0.15) is 23.5 Å². The number of halogens is 2. The average Bonchev–Trinajstić information content (AvgIpc) is 2.85. The summed E-state index contributed by atoms with van der Waals surface area (Å²) in [7, 11) is 0. The van der Waals surface area contributed by atoms with Gasteiger partial charge in [-0.2, -0.15) is 0 Å². The van der Waals surface area contributed by atoms with Crippen LogP contribution in [0, 0.1) is 0 Å². The summed E-state index contributed by atoms with van der Waals surface area (Å²) in [5.74, 6) is 0. The highest BCUT2D eigenvalue weighted by Gasteiger charge is 2.13. The van der Waals surface area contributed by atoms with E-state index in [1.165, 1.54) is 0 Å². The first-order valence-electron chi connectivity index (χ1n) is 5.77. The Balaban J connectivity index is 2.20. The largest absolute Gasteiger partial charge is 0.310 e. The van der Waals surface area contributed by atoms with Gasteiger partial charge < -0.3 is 5.32 Å². The molecule has 96 valence electrons. The molecule has 0 aliphatic rings. The van der Waals surface area contributed by atoms with Gasteiger partial charge in [-0.15, -0.1) is 11.3 Å². The zero-order valence-corrected chi connectivity index (χ0v) is 12.3. The van der Waals surface area contributed by atoms with Crippen LogP contribution in [0.4, 0.5) is 0 Å². The molecule has 0 saturated carbocycles. The lowest BCUT2D eigenvalue weighted by molar-refractivity contribution is 0.548. The molecule has 1 aromatic carbocycles. The second-order valence-electron chi connectivity index (χ2n) is 3.91. The van der Waals surface area contributed by atoms with Crippen LogP contribution in [0.2, 0.25) is 10.0 Å². The summed E-state index contributed by atoms with van der Waals surface area (Å²) in [5.41, 5.74) is 1.14. The maximum absolute atomic E-state index is 6.07. The van der Waals surface area contributed by atoms with Crippen molar-refractivity contribution in [3.63, 3.8) is 0 Å². The van der Waals surface area contributed by atoms with E-state index in [0.29, 0.717) is 10.0 Å². The third kappa shape index (κ3) is 3.45. The standard InChI is InChI=1S/C13H14Cl2N2S/c1-2-16-12(8-13-17-5-6-18-13)9-3-4-10(14)11(15)7-9/h3-7,12,16H,2,8H2,1H3. The molecule has 0 saturated heterocycles. The Morgan fingerprint density at radius 1 is 1.33 bits per heavy atom. The van der Waals surface area contributed by atoms with E-state index in [1.54, 1.807) is 11.3 Å². The molecular formula is C13H14Cl2N2S. The Morgan fingerprint density at radius 3 is 2.78 bits per heavy atom. The number of nitrogens with one attached hydrogen (secondary N) is 1. The molecule has 1 N–H and O–H groups in total. The second-order valence-corrected chi connectivity index (χ2v) is 5.71. The zero-order valence-electron chi connectivity index (χ0n) is 9.99. The number of thiazole rings is 1. The van der Waals surface area contributed by atoms with Gasteiger partial charge in [0.05, 0.1) is 15.1 Å². The summed E-state index contributed by atoms with van der Waals surface area (Å²) in [5, 5.41) is 7.74. The maximum atomic E-state index is 6.07. The zero-order chi connectivity index (χ0) is 13.0. The fourth-order valence-electron chi connectivity index (χ4n) is 1.81. The van der Waals surface area contributed by atoms with E-state index < -0.39 is 0 Å². The molecule has 2 nitrogen and oxygen atoms in total. The number of likely N-dealkylation sites (N-methyl/N-ethyl adjacent to an activating group) is 1. The lowest BCUT2D eigenvalue weighted by atomic mass is 10.0. The van der Waals surface area contributed by atoms with E-state index >= 15 is 0 Å². The molecule has 0 aliphatic heterocycles. The summed E-state index contributed by atoms with van der Waals surface area (Å²) in [6.45, 7) is 2.99. The van der Waals surface area contributed by atoms with Crippen molar-refractivity contribution in [1.82, 2.24) is 10.3 Å². The predicted octanol–water partition coefficient (Wildman–Crippen LogP) is 4.34. The summed E-state index contributed by atoms with van der Waals surface area (Å²) < 4.78 is 0. The Labute approximate surface area is 121 Å². The quantitative estimate of drug-likeness (QED) is 0.888. The van der Waals surface area contributed by atoms with Crippen molar-refractivity contribution in [2.75, 3.05) is 6.54 Å². The maximum Gasteiger partial charge on any atom is 0.0943 e. The van der Waals surface area contributed by atoms with Gasteiger partial charge in [0.2, 0.25) is 0 Å². The fourth-order valence-corrected chi connectivity index (χ4v) is 2.78. The molecule has 18 heavy (non-hydrogen) atoms. The topological polar surface area (TPSA) is 24.9 Å². The lowest BCUT2D eigenvalue weighted by Crippen LogP contribution is -2.22. The van der Waals surface area contributed by atoms with Crippen molar-refractivity contribution in [3.05, 3.63) is 50.4 Å². The number of nitrogens with zero attached hydrogens (tertiary/aromatic N) is 1. The molecule has 0 spiro atoms. The van der Waals surface area contributed by atoms with Gasteiger partial charge in [-0.25, -0.2) is 4.98 Å². The molecule has 0 fully saturated rings. The van der Waals surface area contributed by atoms with Gasteiger partial charge in [-0.3, -0.25) is 0 Å². The molecule has 0 aliphatic carbocycles. The molecule has 2 rings (SSSR count). The Hall–Kier alpha value is -0.610. The summed E-state index contributed by atoms with van der Waals surface area (Å²) >= 11 is 13.7. The smallest absolute Gasteiger partial charge is 0.0943 e. The second kappa shape index (κ2) is 6.53. The number of aromatic nitrogens is 1. The minimum absolute atomic E-state index is 0.218. The minimum Gasteiger partial charge on any atom is -0.310 e. The van der Waals surface area contributed by atoms with E-state index in [1.807, 2.05) is 29.8 Å². The molecule has 2 aromatic rings. The summed E-state index contributed by atoms with van der Waals surface area (Å²) in [6, 6.07) is 5.99. The van der Waals surface area contributed by atoms with Gasteiger partial charge in [-0.05, 0) is 24.2 Å². The van der Waals surface area contributed by atoms with Crippen molar-refractivity contribution in [3.8, 4) is 0 Å². The summed E-state index contributed by atoms with van der Waals surface area (Å²) in [4.78, 5) is 4.32. The predicted molar refractivity (Wildman–Crippen MR) is 78.7 cm³/mol. The Morgan fingerprint density at radius 2 is 2.17 bits per heavy atom. The molecule has 1 unspecified atom stereocenters. The average molecular weight is 301 g/mol. The molecule has 0 amide bonds. The molecule has 1 heterocycles. The van der Waals surface area contributed by atoms with Crippen LogP contribution < -0.4 is 5.32 Å². The van der Waals surface area contributed by atoms with Crippen molar-refractivity contribution < 1.29 is 0 Å². The van der Waals surface area contributed by atoms with Gasteiger partial charge >= 0.3 is 0 Å². The number of rotatable bonds is 5. The third-order valence-electron chi connectivity index (χ3n) is 2.66. The molecule has 5 heteroatoms. The van der Waals surface area contributed by atoms with Gasteiger partial charge in [0.15, 0.2) is 0 Å². The van der Waals surface area contributed by atoms with Crippen LogP contribution in [-0.4, -0.2) is 11.5 Å². The van der Waals surface area contributed by atoms with Crippen molar-refractivity contribution in [2.24, 2.45) is 0 Å². The molecular weight excluding hydrogens is 287 g/mol. The van der Waals surface area contributed by atoms with Gasteiger partial charge in [-0.1, -0.05) is 36.2 Å². The molecule has 1 atom stereocenters. The minimum atomic E-state index is 0.218. The van der Waals surface area contributed by atoms with E-state index in [9.17, 15) is 0 Å².